The standard InChI is InChI=1S/C18H23ClN4O6/c19-15-9(3-1-4-10(15)20)16(26)21-8-13(24)23-6-2-5-12(23)17(27)22-11-7-14(25)29-18(11)28/h1,3,10-12,18,28H,2,4-8,20H2,(H,21,26)(H,22,27)/t10?,11-,12-,18+/m0/s1. The summed E-state index contributed by atoms with van der Waals surface area (Å²) in [5.41, 5.74) is 6.03. The average Bonchev–Trinajstić information content (AvgIpc) is 3.28. The Hall–Kier alpha value is -2.43. The van der Waals surface area contributed by atoms with Crippen molar-refractivity contribution in [2.45, 2.75) is 50.1 Å². The minimum atomic E-state index is -1.40. The first-order valence-corrected chi connectivity index (χ1v) is 9.73. The number of esters is 1. The Kier molecular flexibility index (Phi) is 6.56. The van der Waals surface area contributed by atoms with Gasteiger partial charge in [-0.25, -0.2) is 0 Å². The first-order valence-electron chi connectivity index (χ1n) is 9.35. The molecule has 10 nitrogen and oxygen atoms in total. The van der Waals surface area contributed by atoms with Gasteiger partial charge in [-0.1, -0.05) is 23.8 Å². The number of halogens is 1. The second-order valence-electron chi connectivity index (χ2n) is 7.13. The number of aliphatic hydroxyl groups is 1. The van der Waals surface area contributed by atoms with Gasteiger partial charge in [-0.05, 0) is 19.3 Å². The SMILES string of the molecule is NC1CC=CC(C(=O)NCC(=O)N2CCC[C@H]2C(=O)N[C@H]2CC(=O)O[C@H]2O)=C1Cl. The van der Waals surface area contributed by atoms with Crippen LogP contribution in [-0.4, -0.2) is 71.2 Å². The number of carbonyl (C=O) groups excluding carboxylic acids is 4. The highest BCUT2D eigenvalue weighted by Gasteiger charge is 2.39. The van der Waals surface area contributed by atoms with Crippen LogP contribution >= 0.6 is 11.6 Å². The lowest BCUT2D eigenvalue weighted by Crippen LogP contribution is -2.52. The summed E-state index contributed by atoms with van der Waals surface area (Å²) in [4.78, 5) is 49.9. The normalized spacial score (nSPS) is 29.1. The van der Waals surface area contributed by atoms with Crippen LogP contribution in [0.25, 0.3) is 0 Å². The molecule has 3 rings (SSSR count). The summed E-state index contributed by atoms with van der Waals surface area (Å²) in [6.07, 6.45) is 3.37. The summed E-state index contributed by atoms with van der Waals surface area (Å²) >= 11 is 6.08. The van der Waals surface area contributed by atoms with Crippen LogP contribution in [0.5, 0.6) is 0 Å². The second-order valence-corrected chi connectivity index (χ2v) is 7.54. The van der Waals surface area contributed by atoms with Crippen molar-refractivity contribution < 1.29 is 29.0 Å². The van der Waals surface area contributed by atoms with Crippen LogP contribution in [0.4, 0.5) is 0 Å². The van der Waals surface area contributed by atoms with Gasteiger partial charge in [-0.2, -0.15) is 0 Å². The van der Waals surface area contributed by atoms with Crippen molar-refractivity contribution in [3.63, 3.8) is 0 Å². The molecule has 2 heterocycles. The molecule has 2 saturated heterocycles. The minimum absolute atomic E-state index is 0.130. The maximum atomic E-state index is 12.6. The van der Waals surface area contributed by atoms with Crippen LogP contribution in [0.1, 0.15) is 25.7 Å². The van der Waals surface area contributed by atoms with E-state index in [-0.39, 0.29) is 23.6 Å². The topological polar surface area (TPSA) is 151 Å². The lowest BCUT2D eigenvalue weighted by Gasteiger charge is -2.26. The van der Waals surface area contributed by atoms with Gasteiger partial charge in [-0.15, -0.1) is 0 Å². The van der Waals surface area contributed by atoms with Gasteiger partial charge < -0.3 is 31.1 Å². The van der Waals surface area contributed by atoms with E-state index in [0.29, 0.717) is 25.8 Å². The maximum absolute atomic E-state index is 12.6. The molecule has 0 saturated carbocycles. The van der Waals surface area contributed by atoms with Gasteiger partial charge in [0.1, 0.15) is 12.1 Å². The number of aliphatic hydroxyl groups excluding tert-OH is 1. The summed E-state index contributed by atoms with van der Waals surface area (Å²) in [7, 11) is 0. The fourth-order valence-corrected chi connectivity index (χ4v) is 3.77. The fourth-order valence-electron chi connectivity index (χ4n) is 3.54. The molecule has 1 unspecified atom stereocenters. The molecule has 5 N–H and O–H groups in total. The van der Waals surface area contributed by atoms with Gasteiger partial charge in [0, 0.05) is 17.6 Å². The van der Waals surface area contributed by atoms with Crippen molar-refractivity contribution in [1.82, 2.24) is 15.5 Å². The van der Waals surface area contributed by atoms with Crippen LogP contribution in [0, 0.1) is 0 Å². The Morgan fingerprint density at radius 1 is 1.38 bits per heavy atom. The van der Waals surface area contributed by atoms with E-state index in [4.69, 9.17) is 17.3 Å². The summed E-state index contributed by atoms with van der Waals surface area (Å²) in [6, 6.07) is -2.04. The predicted molar refractivity (Wildman–Crippen MR) is 101 cm³/mol. The number of cyclic esters (lactones) is 1. The highest BCUT2D eigenvalue weighted by molar-refractivity contribution is 6.33. The number of nitrogens with zero attached hydrogens (tertiary/aromatic N) is 1. The first-order chi connectivity index (χ1) is 13.8. The molecule has 0 spiro atoms. The van der Waals surface area contributed by atoms with E-state index in [1.165, 1.54) is 4.90 Å². The molecule has 158 valence electrons. The van der Waals surface area contributed by atoms with E-state index < -0.39 is 48.1 Å². The smallest absolute Gasteiger partial charge is 0.310 e. The van der Waals surface area contributed by atoms with Crippen molar-refractivity contribution in [2.75, 3.05) is 13.1 Å². The molecular formula is C18H23ClN4O6. The number of ether oxygens (including phenoxy) is 1. The van der Waals surface area contributed by atoms with Gasteiger partial charge in [0.2, 0.25) is 18.1 Å². The molecule has 3 amide bonds. The molecular weight excluding hydrogens is 404 g/mol. The average molecular weight is 427 g/mol. The highest BCUT2D eigenvalue weighted by Crippen LogP contribution is 2.22. The van der Waals surface area contributed by atoms with E-state index >= 15 is 0 Å². The second kappa shape index (κ2) is 8.93. The zero-order chi connectivity index (χ0) is 21.1. The molecule has 0 bridgehead atoms. The first kappa shape index (κ1) is 21.3. The van der Waals surface area contributed by atoms with Gasteiger partial charge in [0.05, 0.1) is 18.5 Å². The molecule has 0 radical (unpaired) electrons. The summed E-state index contributed by atoms with van der Waals surface area (Å²) < 4.78 is 4.59. The molecule has 0 aromatic rings. The van der Waals surface area contributed by atoms with E-state index in [9.17, 15) is 24.3 Å². The number of carbonyl (C=O) groups is 4. The minimum Gasteiger partial charge on any atom is -0.434 e. The molecule has 29 heavy (non-hydrogen) atoms. The third-order valence-electron chi connectivity index (χ3n) is 5.09. The predicted octanol–water partition coefficient (Wildman–Crippen LogP) is -1.38. The molecule has 2 fully saturated rings. The third kappa shape index (κ3) is 4.77. The number of hydrogen-bond donors (Lipinski definition) is 4. The number of likely N-dealkylation sites (tertiary alicyclic amines) is 1. The Morgan fingerprint density at radius 3 is 2.83 bits per heavy atom. The molecule has 0 aromatic heterocycles. The van der Waals surface area contributed by atoms with Crippen LogP contribution in [0.15, 0.2) is 22.8 Å². The zero-order valence-corrected chi connectivity index (χ0v) is 16.4. The number of nitrogens with two attached hydrogens (primary N) is 1. The van der Waals surface area contributed by atoms with E-state index in [0.717, 1.165) is 0 Å². The number of rotatable bonds is 5. The number of nitrogens with one attached hydrogen (secondary N) is 2. The largest absolute Gasteiger partial charge is 0.434 e. The summed E-state index contributed by atoms with van der Waals surface area (Å²) in [6.45, 7) is 0.0662. The highest BCUT2D eigenvalue weighted by atomic mass is 35.5. The van der Waals surface area contributed by atoms with Crippen LogP contribution in [-0.2, 0) is 23.9 Å². The summed E-state index contributed by atoms with van der Waals surface area (Å²) in [5.74, 6) is -2.01. The molecule has 1 aliphatic carbocycles. The Balaban J connectivity index is 1.55. The van der Waals surface area contributed by atoms with Crippen molar-refractivity contribution in [1.29, 1.82) is 0 Å². The van der Waals surface area contributed by atoms with Crippen LogP contribution in [0.3, 0.4) is 0 Å². The van der Waals surface area contributed by atoms with Gasteiger partial charge in [-0.3, -0.25) is 19.2 Å². The van der Waals surface area contributed by atoms with Crippen LogP contribution < -0.4 is 16.4 Å². The molecule has 11 heteroatoms. The Labute approximate surface area is 172 Å². The van der Waals surface area contributed by atoms with Gasteiger partial charge >= 0.3 is 5.97 Å². The number of hydrogen-bond acceptors (Lipinski definition) is 7. The quantitative estimate of drug-likeness (QED) is 0.395. The van der Waals surface area contributed by atoms with Crippen molar-refractivity contribution in [2.24, 2.45) is 5.73 Å². The van der Waals surface area contributed by atoms with Crippen LogP contribution in [0.2, 0.25) is 0 Å². The lowest BCUT2D eigenvalue weighted by molar-refractivity contribution is -0.155. The monoisotopic (exact) mass is 426 g/mol. The van der Waals surface area contributed by atoms with E-state index in [1.54, 1.807) is 12.2 Å². The molecule has 0 aromatic carbocycles. The molecule has 4 atom stereocenters. The van der Waals surface area contributed by atoms with Crippen molar-refractivity contribution in [3.05, 3.63) is 22.8 Å². The zero-order valence-electron chi connectivity index (χ0n) is 15.6. The van der Waals surface area contributed by atoms with Crippen molar-refractivity contribution >= 4 is 35.3 Å². The Bertz CT molecular complexity index is 782. The molecule has 2 aliphatic heterocycles. The fraction of sp³-hybridized carbons (Fsp3) is 0.556. The van der Waals surface area contributed by atoms with Gasteiger partial charge in [0.25, 0.3) is 5.91 Å². The maximum Gasteiger partial charge on any atom is 0.310 e. The van der Waals surface area contributed by atoms with Crippen molar-refractivity contribution in [3.8, 4) is 0 Å². The lowest BCUT2D eigenvalue weighted by atomic mass is 10.0. The van der Waals surface area contributed by atoms with E-state index in [2.05, 4.69) is 15.4 Å². The molecule has 3 aliphatic rings. The number of amides is 3. The van der Waals surface area contributed by atoms with E-state index in [1.807, 2.05) is 0 Å². The van der Waals surface area contributed by atoms with Gasteiger partial charge in [0.15, 0.2) is 0 Å². The summed E-state index contributed by atoms with van der Waals surface area (Å²) in [5, 5.41) is 14.9. The third-order valence-corrected chi connectivity index (χ3v) is 5.57. The Morgan fingerprint density at radius 2 is 2.14 bits per heavy atom.